The van der Waals surface area contributed by atoms with Gasteiger partial charge < -0.3 is 14.0 Å². The van der Waals surface area contributed by atoms with Gasteiger partial charge in [-0.1, -0.05) is 11.6 Å². The molecule has 2 amide bonds. The smallest absolute Gasteiger partial charge is 0.417 e. The van der Waals surface area contributed by atoms with Crippen molar-refractivity contribution < 1.29 is 23.6 Å². The van der Waals surface area contributed by atoms with Crippen LogP contribution < -0.4 is 0 Å². The Labute approximate surface area is 115 Å². The first-order valence-electron chi connectivity index (χ1n) is 6.01. The predicted octanol–water partition coefficient (Wildman–Crippen LogP) is 1.51. The van der Waals surface area contributed by atoms with Gasteiger partial charge in [0.2, 0.25) is 0 Å². The molecule has 0 aromatic rings. The molecule has 2 unspecified atom stereocenters. The lowest BCUT2D eigenvalue weighted by Gasteiger charge is -2.21. The Kier molecular flexibility index (Phi) is 6.42. The largest absolute Gasteiger partial charge is 0.447 e. The zero-order chi connectivity index (χ0) is 14.4. The average molecular weight is 289 g/mol. The first-order valence-corrected chi connectivity index (χ1v) is 6.48. The molecule has 1 rings (SSSR count). The second kappa shape index (κ2) is 7.58. The normalized spacial score (nSPS) is 21.5. The number of hydrogen-bond donors (Lipinski definition) is 0. The molecular formula is C12H20NO5P. The van der Waals surface area contributed by atoms with Gasteiger partial charge in [0.1, 0.15) is 12.7 Å². The summed E-state index contributed by atoms with van der Waals surface area (Å²) in [5.74, 6) is -0.367. The number of methoxy groups -OCH3 is 1. The minimum absolute atomic E-state index is 0.233. The van der Waals surface area contributed by atoms with Crippen LogP contribution in [0.3, 0.4) is 0 Å². The topological polar surface area (TPSA) is 65.1 Å². The molecule has 3 atom stereocenters. The third-order valence-corrected chi connectivity index (χ3v) is 3.04. The van der Waals surface area contributed by atoms with E-state index in [1.54, 1.807) is 6.92 Å². The number of ether oxygens (including phenoxy) is 2. The Hall–Kier alpha value is -0.970. The van der Waals surface area contributed by atoms with E-state index in [1.165, 1.54) is 7.11 Å². The molecule has 0 spiro atoms. The van der Waals surface area contributed by atoms with Gasteiger partial charge in [0.15, 0.2) is 0 Å². The van der Waals surface area contributed by atoms with E-state index < -0.39 is 12.2 Å². The maximum atomic E-state index is 12.2. The first-order chi connectivity index (χ1) is 9.01. The average Bonchev–Trinajstić information content (AvgIpc) is 2.70. The molecule has 1 aliphatic rings. The van der Waals surface area contributed by atoms with E-state index in [2.05, 4.69) is 9.47 Å². The third-order valence-electron chi connectivity index (χ3n) is 2.87. The number of carbonyl (C=O) groups excluding carboxylic acids is 2. The van der Waals surface area contributed by atoms with E-state index in [-0.39, 0.29) is 18.6 Å². The number of hydrogen-bond acceptors (Lipinski definition) is 5. The summed E-state index contributed by atoms with van der Waals surface area (Å²) in [6.07, 6.45) is 0.967. The molecule has 7 heteroatoms. The van der Waals surface area contributed by atoms with Crippen molar-refractivity contribution in [3.8, 4) is 0 Å². The monoisotopic (exact) mass is 289 g/mol. The summed E-state index contributed by atoms with van der Waals surface area (Å²) in [6, 6.07) is -0.252. The number of nitrogens with zero attached hydrogens (tertiary/aromatic N) is 1. The van der Waals surface area contributed by atoms with Crippen molar-refractivity contribution in [1.82, 2.24) is 4.90 Å². The first kappa shape index (κ1) is 16.1. The van der Waals surface area contributed by atoms with Crippen LogP contribution in [0.25, 0.3) is 0 Å². The summed E-state index contributed by atoms with van der Waals surface area (Å²) >= 11 is 0. The quantitative estimate of drug-likeness (QED) is 0.548. The van der Waals surface area contributed by atoms with Crippen LogP contribution in [0.2, 0.25) is 0 Å². The standard InChI is InChI=1S/C12H20NO5P/c1-8(6-18-19)4-5-10(16-3)11(14)13-9(2)7-17-12(13)15/h4,9-10H,5-7,19H2,1-3H3/b8-4-/t9?,10-/m0/s1. The molecule has 0 bridgehead atoms. The fraction of sp³-hybridized carbons (Fsp3) is 0.667. The van der Waals surface area contributed by atoms with Gasteiger partial charge in [-0.3, -0.25) is 4.79 Å². The van der Waals surface area contributed by atoms with Gasteiger partial charge in [0, 0.05) is 23.0 Å². The maximum absolute atomic E-state index is 12.2. The van der Waals surface area contributed by atoms with Crippen molar-refractivity contribution in [1.29, 1.82) is 0 Å². The van der Waals surface area contributed by atoms with Crippen LogP contribution in [0.4, 0.5) is 4.79 Å². The summed E-state index contributed by atoms with van der Waals surface area (Å²) in [6.45, 7) is 4.36. The molecule has 19 heavy (non-hydrogen) atoms. The molecule has 1 saturated heterocycles. The van der Waals surface area contributed by atoms with Crippen LogP contribution in [0.1, 0.15) is 20.3 Å². The lowest BCUT2D eigenvalue weighted by molar-refractivity contribution is -0.139. The zero-order valence-electron chi connectivity index (χ0n) is 11.4. The Bertz CT molecular complexity index is 371. The third kappa shape index (κ3) is 4.27. The number of amides is 2. The van der Waals surface area contributed by atoms with Crippen LogP contribution in [-0.2, 0) is 18.8 Å². The van der Waals surface area contributed by atoms with Gasteiger partial charge in [-0.15, -0.1) is 0 Å². The summed E-state index contributed by atoms with van der Waals surface area (Å²) in [5, 5.41) is 0. The molecule has 0 aromatic heterocycles. The van der Waals surface area contributed by atoms with E-state index in [9.17, 15) is 9.59 Å². The van der Waals surface area contributed by atoms with Crippen molar-refractivity contribution in [2.45, 2.75) is 32.4 Å². The summed E-state index contributed by atoms with van der Waals surface area (Å²) in [5.41, 5.74) is 0.988. The SMILES string of the molecule is CO[C@@H](C/C=C(/C)COP)C(=O)N1C(=O)OCC1C. The predicted molar refractivity (Wildman–Crippen MR) is 72.5 cm³/mol. The van der Waals surface area contributed by atoms with Gasteiger partial charge in [0.05, 0.1) is 12.6 Å². The van der Waals surface area contributed by atoms with Crippen molar-refractivity contribution in [3.05, 3.63) is 11.6 Å². The highest BCUT2D eigenvalue weighted by Crippen LogP contribution is 2.16. The number of imide groups is 1. The lowest BCUT2D eigenvalue weighted by Crippen LogP contribution is -2.44. The van der Waals surface area contributed by atoms with Crippen molar-refractivity contribution in [3.63, 3.8) is 0 Å². The Morgan fingerprint density at radius 3 is 2.84 bits per heavy atom. The van der Waals surface area contributed by atoms with Gasteiger partial charge in [-0.05, 0) is 13.8 Å². The van der Waals surface area contributed by atoms with E-state index in [4.69, 9.17) is 14.0 Å². The van der Waals surface area contributed by atoms with Crippen molar-refractivity contribution in [2.24, 2.45) is 0 Å². The lowest BCUT2D eigenvalue weighted by atomic mass is 10.1. The van der Waals surface area contributed by atoms with Crippen LogP contribution >= 0.6 is 9.47 Å². The van der Waals surface area contributed by atoms with E-state index in [0.29, 0.717) is 13.0 Å². The number of carbonyl (C=O) groups is 2. The molecule has 0 radical (unpaired) electrons. The molecule has 1 aliphatic heterocycles. The fourth-order valence-corrected chi connectivity index (χ4v) is 2.04. The zero-order valence-corrected chi connectivity index (χ0v) is 12.6. The van der Waals surface area contributed by atoms with Gasteiger partial charge in [-0.25, -0.2) is 9.69 Å². The molecule has 108 valence electrons. The minimum Gasteiger partial charge on any atom is -0.447 e. The summed E-state index contributed by atoms with van der Waals surface area (Å²) in [4.78, 5) is 24.8. The van der Waals surface area contributed by atoms with Crippen LogP contribution in [-0.4, -0.2) is 49.4 Å². The van der Waals surface area contributed by atoms with Crippen molar-refractivity contribution in [2.75, 3.05) is 20.3 Å². The molecular weight excluding hydrogens is 269 g/mol. The Morgan fingerprint density at radius 1 is 1.68 bits per heavy atom. The molecule has 1 heterocycles. The second-order valence-corrected chi connectivity index (χ2v) is 4.79. The molecule has 0 saturated carbocycles. The van der Waals surface area contributed by atoms with Crippen LogP contribution in [0.5, 0.6) is 0 Å². The molecule has 0 aliphatic carbocycles. The van der Waals surface area contributed by atoms with Gasteiger partial charge >= 0.3 is 6.09 Å². The summed E-state index contributed by atoms with van der Waals surface area (Å²) < 4.78 is 14.9. The molecule has 0 aromatic carbocycles. The number of rotatable bonds is 6. The van der Waals surface area contributed by atoms with Gasteiger partial charge in [-0.2, -0.15) is 0 Å². The second-order valence-electron chi connectivity index (χ2n) is 4.46. The van der Waals surface area contributed by atoms with Crippen LogP contribution in [0.15, 0.2) is 11.6 Å². The highest BCUT2D eigenvalue weighted by molar-refractivity contribution is 7.09. The minimum atomic E-state index is -0.687. The highest BCUT2D eigenvalue weighted by atomic mass is 31.0. The Balaban J connectivity index is 2.66. The van der Waals surface area contributed by atoms with E-state index in [1.807, 2.05) is 13.0 Å². The molecule has 1 fully saturated rings. The highest BCUT2D eigenvalue weighted by Gasteiger charge is 2.38. The Morgan fingerprint density at radius 2 is 2.37 bits per heavy atom. The maximum Gasteiger partial charge on any atom is 0.417 e. The molecule has 0 N–H and O–H groups in total. The molecule has 6 nitrogen and oxygen atoms in total. The van der Waals surface area contributed by atoms with Crippen molar-refractivity contribution >= 4 is 21.5 Å². The van der Waals surface area contributed by atoms with E-state index >= 15 is 0 Å². The van der Waals surface area contributed by atoms with E-state index in [0.717, 1.165) is 10.5 Å². The number of cyclic esters (lactones) is 1. The van der Waals surface area contributed by atoms with Crippen LogP contribution in [0, 0.1) is 0 Å². The summed E-state index contributed by atoms with van der Waals surface area (Å²) in [7, 11) is 3.62. The van der Waals surface area contributed by atoms with Gasteiger partial charge in [0.25, 0.3) is 5.91 Å². The fourth-order valence-electron chi connectivity index (χ4n) is 1.77.